The highest BCUT2D eigenvalue weighted by Gasteiger charge is 2.77. The summed E-state index contributed by atoms with van der Waals surface area (Å²) in [5.74, 6) is 1.14. The number of ether oxygens (including phenoxy) is 1. The summed E-state index contributed by atoms with van der Waals surface area (Å²) in [4.78, 5) is 15.5. The van der Waals surface area contributed by atoms with Gasteiger partial charge in [0.25, 0.3) is 0 Å². The molecule has 7 rings (SSSR count). The molecule has 2 bridgehead atoms. The standard InChI is InChI=1S/C28H32N2O5/c1-26-21(29-23(32)7-4-18-9-13-34-16-18)8-10-28(33)22-14-19-5-6-20(31)25(35-26)24(19)27(26,28)11-12-30(22)15-17-2-3-17/h4-7,9,13,16-17,21-22,31,33H,2-3,8,10-12,14-15H2,1H3,(H,29,32)/b7-4+/t21-,22-,26-,27-,28+/m0/s1. The van der Waals surface area contributed by atoms with Crippen LogP contribution in [0.3, 0.4) is 0 Å². The Morgan fingerprint density at radius 1 is 1.26 bits per heavy atom. The third kappa shape index (κ3) is 2.77. The molecule has 3 fully saturated rings. The number of likely N-dealkylation sites (tertiary alicyclic amines) is 1. The molecular formula is C28H32N2O5. The maximum atomic E-state index is 13.0. The molecule has 1 saturated heterocycles. The summed E-state index contributed by atoms with van der Waals surface area (Å²) in [5, 5.41) is 26.6. The number of carbonyl (C=O) groups is 1. The van der Waals surface area contributed by atoms with Gasteiger partial charge in [0, 0.05) is 29.8 Å². The van der Waals surface area contributed by atoms with Crippen LogP contribution in [0.2, 0.25) is 0 Å². The number of nitrogens with one attached hydrogen (secondary N) is 1. The minimum Gasteiger partial charge on any atom is -0.504 e. The van der Waals surface area contributed by atoms with Crippen molar-refractivity contribution in [3.63, 3.8) is 0 Å². The molecule has 2 aromatic rings. The summed E-state index contributed by atoms with van der Waals surface area (Å²) in [6.07, 6.45) is 11.7. The van der Waals surface area contributed by atoms with Crippen LogP contribution >= 0.6 is 0 Å². The van der Waals surface area contributed by atoms with Crippen LogP contribution in [0.25, 0.3) is 6.08 Å². The fourth-order valence-corrected chi connectivity index (χ4v) is 7.91. The first-order valence-corrected chi connectivity index (χ1v) is 12.9. The fourth-order valence-electron chi connectivity index (χ4n) is 7.91. The quantitative estimate of drug-likeness (QED) is 0.574. The number of carbonyl (C=O) groups excluding carboxylic acids is 1. The van der Waals surface area contributed by atoms with Gasteiger partial charge in [-0.1, -0.05) is 6.07 Å². The molecule has 7 nitrogen and oxygen atoms in total. The maximum absolute atomic E-state index is 13.0. The largest absolute Gasteiger partial charge is 0.504 e. The topological polar surface area (TPSA) is 95.2 Å². The van der Waals surface area contributed by atoms with Crippen molar-refractivity contribution in [2.24, 2.45) is 5.92 Å². The number of phenolic OH excluding ortho intramolecular Hbond substituents is 1. The molecule has 35 heavy (non-hydrogen) atoms. The molecule has 2 saturated carbocycles. The number of aromatic hydroxyl groups is 1. The van der Waals surface area contributed by atoms with E-state index in [-0.39, 0.29) is 23.7 Å². The lowest BCUT2D eigenvalue weighted by Gasteiger charge is -2.67. The molecule has 2 aliphatic heterocycles. The zero-order chi connectivity index (χ0) is 24.0. The lowest BCUT2D eigenvalue weighted by molar-refractivity contribution is -0.220. The predicted octanol–water partition coefficient (Wildman–Crippen LogP) is 3.14. The summed E-state index contributed by atoms with van der Waals surface area (Å²) >= 11 is 0. The third-order valence-electron chi connectivity index (χ3n) is 9.69. The number of hydrogen-bond donors (Lipinski definition) is 3. The number of rotatable bonds is 5. The van der Waals surface area contributed by atoms with E-state index in [2.05, 4.69) is 10.2 Å². The molecule has 1 aromatic heterocycles. The lowest BCUT2D eigenvalue weighted by Crippen LogP contribution is -2.82. The zero-order valence-electron chi connectivity index (χ0n) is 20.0. The number of furan rings is 1. The van der Waals surface area contributed by atoms with E-state index < -0.39 is 16.6 Å². The minimum absolute atomic E-state index is 0.0143. The van der Waals surface area contributed by atoms with Gasteiger partial charge < -0.3 is 24.7 Å². The summed E-state index contributed by atoms with van der Waals surface area (Å²) in [6.45, 7) is 3.96. The Labute approximate surface area is 204 Å². The van der Waals surface area contributed by atoms with E-state index >= 15 is 0 Å². The predicted molar refractivity (Wildman–Crippen MR) is 129 cm³/mol. The van der Waals surface area contributed by atoms with E-state index in [4.69, 9.17) is 9.15 Å². The highest BCUT2D eigenvalue weighted by Crippen LogP contribution is 2.69. The minimum atomic E-state index is -0.977. The van der Waals surface area contributed by atoms with Crippen molar-refractivity contribution < 1.29 is 24.2 Å². The Kier molecular flexibility index (Phi) is 4.39. The van der Waals surface area contributed by atoms with Gasteiger partial charge in [-0.2, -0.15) is 0 Å². The van der Waals surface area contributed by atoms with Gasteiger partial charge in [-0.25, -0.2) is 0 Å². The Morgan fingerprint density at radius 3 is 2.89 bits per heavy atom. The molecule has 0 unspecified atom stereocenters. The SMILES string of the molecule is C[C@@]12Oc3c(O)ccc4c3[C@@]13CCN(CC1CC1)[C@@H](C4)[C@]3(O)CC[C@@H]2NC(=O)/C=C/c1ccoc1. The molecule has 5 aliphatic rings. The molecule has 1 aromatic carbocycles. The Balaban J connectivity index is 1.29. The van der Waals surface area contributed by atoms with Crippen LogP contribution in [-0.4, -0.2) is 57.4 Å². The molecule has 3 heterocycles. The van der Waals surface area contributed by atoms with E-state index in [9.17, 15) is 15.0 Å². The number of nitrogens with zero attached hydrogens (tertiary/aromatic N) is 1. The van der Waals surface area contributed by atoms with Crippen molar-refractivity contribution in [1.29, 1.82) is 0 Å². The van der Waals surface area contributed by atoms with Gasteiger partial charge in [0.1, 0.15) is 5.60 Å². The van der Waals surface area contributed by atoms with Gasteiger partial charge in [0.05, 0.1) is 29.6 Å². The van der Waals surface area contributed by atoms with Gasteiger partial charge >= 0.3 is 0 Å². The van der Waals surface area contributed by atoms with Crippen molar-refractivity contribution >= 4 is 12.0 Å². The molecule has 7 heteroatoms. The van der Waals surface area contributed by atoms with Crippen molar-refractivity contribution in [2.45, 2.75) is 74.1 Å². The highest BCUT2D eigenvalue weighted by molar-refractivity contribution is 5.92. The summed E-state index contributed by atoms with van der Waals surface area (Å²) in [7, 11) is 0. The first-order valence-electron chi connectivity index (χ1n) is 12.9. The van der Waals surface area contributed by atoms with Crippen LogP contribution in [0, 0.1) is 5.92 Å². The van der Waals surface area contributed by atoms with Crippen molar-refractivity contribution in [3.05, 3.63) is 53.5 Å². The van der Waals surface area contributed by atoms with E-state index in [0.717, 1.165) is 48.5 Å². The van der Waals surface area contributed by atoms with E-state index in [1.807, 2.05) is 13.0 Å². The Hall–Kier alpha value is -2.77. The van der Waals surface area contributed by atoms with Gasteiger partial charge in [-0.15, -0.1) is 0 Å². The first-order chi connectivity index (χ1) is 16.9. The second-order valence-electron chi connectivity index (χ2n) is 11.4. The second-order valence-corrected chi connectivity index (χ2v) is 11.4. The zero-order valence-corrected chi connectivity index (χ0v) is 20.0. The van der Waals surface area contributed by atoms with Crippen LogP contribution in [0.15, 0.2) is 41.2 Å². The second kappa shape index (κ2) is 7.14. The van der Waals surface area contributed by atoms with Crippen LogP contribution in [-0.2, 0) is 16.6 Å². The van der Waals surface area contributed by atoms with Crippen molar-refractivity contribution in [2.75, 3.05) is 13.1 Å². The van der Waals surface area contributed by atoms with Gasteiger partial charge in [-0.05, 0) is 81.7 Å². The van der Waals surface area contributed by atoms with E-state index in [1.165, 1.54) is 18.9 Å². The number of aliphatic hydroxyl groups is 1. The smallest absolute Gasteiger partial charge is 0.244 e. The van der Waals surface area contributed by atoms with Gasteiger partial charge in [-0.3, -0.25) is 9.69 Å². The summed E-state index contributed by atoms with van der Waals surface area (Å²) < 4.78 is 11.8. The number of phenols is 1. The van der Waals surface area contributed by atoms with Crippen LogP contribution in [0.1, 0.15) is 55.7 Å². The Bertz CT molecular complexity index is 1220. The van der Waals surface area contributed by atoms with Crippen molar-refractivity contribution in [1.82, 2.24) is 10.2 Å². The molecule has 5 atom stereocenters. The number of benzene rings is 1. The number of piperidine rings is 1. The molecule has 184 valence electrons. The summed E-state index contributed by atoms with van der Waals surface area (Å²) in [5.41, 5.74) is 0.409. The van der Waals surface area contributed by atoms with Gasteiger partial charge in [0.15, 0.2) is 11.5 Å². The number of amides is 1. The maximum Gasteiger partial charge on any atom is 0.244 e. The first kappa shape index (κ1) is 21.5. The van der Waals surface area contributed by atoms with E-state index in [1.54, 1.807) is 30.7 Å². The van der Waals surface area contributed by atoms with Crippen LogP contribution in [0.5, 0.6) is 11.5 Å². The molecular weight excluding hydrogens is 444 g/mol. The highest BCUT2D eigenvalue weighted by atomic mass is 16.5. The number of hydrogen-bond acceptors (Lipinski definition) is 6. The molecule has 0 radical (unpaired) electrons. The molecule has 1 amide bonds. The molecule has 3 N–H and O–H groups in total. The third-order valence-corrected chi connectivity index (χ3v) is 9.69. The van der Waals surface area contributed by atoms with Gasteiger partial charge in [0.2, 0.25) is 5.91 Å². The monoisotopic (exact) mass is 476 g/mol. The lowest BCUT2D eigenvalue weighted by atomic mass is 9.44. The normalized spacial score (nSPS) is 37.2. The van der Waals surface area contributed by atoms with Crippen molar-refractivity contribution in [3.8, 4) is 11.5 Å². The average Bonchev–Trinajstić information content (AvgIpc) is 3.38. The fraction of sp³-hybridized carbons (Fsp3) is 0.536. The summed E-state index contributed by atoms with van der Waals surface area (Å²) in [6, 6.07) is 5.23. The average molecular weight is 477 g/mol. The van der Waals surface area contributed by atoms with E-state index in [0.29, 0.717) is 18.6 Å². The van der Waals surface area contributed by atoms with Crippen LogP contribution < -0.4 is 10.1 Å². The molecule has 1 spiro atoms. The van der Waals surface area contributed by atoms with Crippen LogP contribution in [0.4, 0.5) is 0 Å². The molecule has 3 aliphatic carbocycles. The Morgan fingerprint density at radius 2 is 2.11 bits per heavy atom.